The van der Waals surface area contributed by atoms with Crippen LogP contribution in [0, 0.1) is 10.1 Å². The van der Waals surface area contributed by atoms with E-state index in [0.717, 1.165) is 5.75 Å². The average molecular weight is 296 g/mol. The minimum absolute atomic E-state index is 0.0570. The lowest BCUT2D eigenvalue weighted by Crippen LogP contribution is -2.13. The number of nitrogens with zero attached hydrogens (tertiary/aromatic N) is 1. The molecule has 0 aliphatic carbocycles. The van der Waals surface area contributed by atoms with E-state index in [1.165, 1.54) is 13.0 Å². The molecule has 0 amide bonds. The van der Waals surface area contributed by atoms with Crippen molar-refractivity contribution in [3.8, 4) is 0 Å². The number of anilines is 1. The van der Waals surface area contributed by atoms with Crippen molar-refractivity contribution in [2.24, 2.45) is 0 Å². The molecule has 0 fully saturated rings. The number of hydrogen-bond acceptors (Lipinski definition) is 5. The molecule has 0 unspecified atom stereocenters. The number of carbonyl (C=O) groups is 1. The molecule has 0 heterocycles. The van der Waals surface area contributed by atoms with Crippen molar-refractivity contribution < 1.29 is 9.72 Å². The number of nitrogens with one attached hydrogen (secondary N) is 1. The van der Waals surface area contributed by atoms with Crippen LogP contribution < -0.4 is 5.32 Å². The molecule has 0 radical (unpaired) electrons. The zero-order valence-corrected chi connectivity index (χ0v) is 13.0. The Bertz CT molecular complexity index is 510. The predicted octanol–water partition coefficient (Wildman–Crippen LogP) is 3.74. The van der Waals surface area contributed by atoms with Gasteiger partial charge >= 0.3 is 0 Å². The summed E-state index contributed by atoms with van der Waals surface area (Å²) in [6.45, 7) is 8.42. The second-order valence-electron chi connectivity index (χ2n) is 5.43. The highest BCUT2D eigenvalue weighted by molar-refractivity contribution is 8.00. The normalized spacial score (nSPS) is 11.2. The number of thioether (sulfide) groups is 1. The SMILES string of the molecule is CC(=O)c1ccc(NCCSC(C)(C)C)c([N+](=O)[O-])c1. The Morgan fingerprint density at radius 3 is 2.55 bits per heavy atom. The van der Waals surface area contributed by atoms with Crippen molar-refractivity contribution in [3.63, 3.8) is 0 Å². The molecule has 110 valence electrons. The highest BCUT2D eigenvalue weighted by Gasteiger charge is 2.16. The Hall–Kier alpha value is -1.56. The summed E-state index contributed by atoms with van der Waals surface area (Å²) in [5, 5.41) is 14.1. The molecule has 0 spiro atoms. The number of nitro benzene ring substituents is 1. The van der Waals surface area contributed by atoms with Crippen LogP contribution in [0.3, 0.4) is 0 Å². The summed E-state index contributed by atoms with van der Waals surface area (Å²) in [4.78, 5) is 21.8. The quantitative estimate of drug-likeness (QED) is 0.375. The average Bonchev–Trinajstić information content (AvgIpc) is 2.33. The maximum Gasteiger partial charge on any atom is 0.293 e. The molecule has 0 saturated heterocycles. The van der Waals surface area contributed by atoms with Gasteiger partial charge in [0.15, 0.2) is 5.78 Å². The molecular formula is C14H20N2O3S. The van der Waals surface area contributed by atoms with E-state index in [0.29, 0.717) is 17.8 Å². The second-order valence-corrected chi connectivity index (χ2v) is 7.35. The first-order valence-electron chi connectivity index (χ1n) is 6.38. The summed E-state index contributed by atoms with van der Waals surface area (Å²) >= 11 is 1.79. The molecule has 0 saturated carbocycles. The summed E-state index contributed by atoms with van der Waals surface area (Å²) < 4.78 is 0.173. The van der Waals surface area contributed by atoms with E-state index in [2.05, 4.69) is 26.1 Å². The van der Waals surface area contributed by atoms with Crippen molar-refractivity contribution >= 4 is 28.9 Å². The van der Waals surface area contributed by atoms with Gasteiger partial charge in [0, 0.05) is 28.7 Å². The van der Waals surface area contributed by atoms with Gasteiger partial charge in [-0.05, 0) is 19.1 Å². The van der Waals surface area contributed by atoms with Crippen molar-refractivity contribution in [1.82, 2.24) is 0 Å². The smallest absolute Gasteiger partial charge is 0.293 e. The molecule has 0 atom stereocenters. The van der Waals surface area contributed by atoms with Crippen LogP contribution in [0.4, 0.5) is 11.4 Å². The number of rotatable bonds is 6. The summed E-state index contributed by atoms with van der Waals surface area (Å²) in [6, 6.07) is 4.52. The zero-order valence-electron chi connectivity index (χ0n) is 12.2. The van der Waals surface area contributed by atoms with Crippen LogP contribution in [-0.2, 0) is 0 Å². The highest BCUT2D eigenvalue weighted by Crippen LogP contribution is 2.27. The van der Waals surface area contributed by atoms with E-state index < -0.39 is 4.92 Å². The van der Waals surface area contributed by atoms with Crippen LogP contribution in [0.5, 0.6) is 0 Å². The lowest BCUT2D eigenvalue weighted by Gasteiger charge is -2.17. The number of ketones is 1. The topological polar surface area (TPSA) is 72.2 Å². The Kier molecular flexibility index (Phi) is 5.56. The molecule has 6 heteroatoms. The Morgan fingerprint density at radius 2 is 2.05 bits per heavy atom. The molecule has 0 aliphatic rings. The first-order valence-corrected chi connectivity index (χ1v) is 7.36. The molecular weight excluding hydrogens is 276 g/mol. The highest BCUT2D eigenvalue weighted by atomic mass is 32.2. The van der Waals surface area contributed by atoms with Crippen LogP contribution in [0.1, 0.15) is 38.1 Å². The van der Waals surface area contributed by atoms with Crippen molar-refractivity contribution in [1.29, 1.82) is 0 Å². The lowest BCUT2D eigenvalue weighted by atomic mass is 10.1. The van der Waals surface area contributed by atoms with Crippen LogP contribution in [0.25, 0.3) is 0 Å². The van der Waals surface area contributed by atoms with Gasteiger partial charge in [0.1, 0.15) is 5.69 Å². The van der Waals surface area contributed by atoms with Gasteiger partial charge < -0.3 is 5.32 Å². The van der Waals surface area contributed by atoms with Gasteiger partial charge in [0.25, 0.3) is 5.69 Å². The van der Waals surface area contributed by atoms with Crippen LogP contribution in [0.15, 0.2) is 18.2 Å². The third-order valence-electron chi connectivity index (χ3n) is 2.55. The van der Waals surface area contributed by atoms with Crippen LogP contribution in [-0.4, -0.2) is 27.8 Å². The van der Waals surface area contributed by atoms with Gasteiger partial charge in [-0.1, -0.05) is 20.8 Å². The van der Waals surface area contributed by atoms with E-state index in [9.17, 15) is 14.9 Å². The van der Waals surface area contributed by atoms with Gasteiger partial charge in [-0.25, -0.2) is 0 Å². The Labute approximate surface area is 123 Å². The predicted molar refractivity (Wildman–Crippen MR) is 83.8 cm³/mol. The van der Waals surface area contributed by atoms with Crippen LogP contribution in [0.2, 0.25) is 0 Å². The van der Waals surface area contributed by atoms with Gasteiger partial charge in [0.05, 0.1) is 4.92 Å². The fourth-order valence-electron chi connectivity index (χ4n) is 1.59. The van der Waals surface area contributed by atoms with Crippen molar-refractivity contribution in [2.75, 3.05) is 17.6 Å². The minimum atomic E-state index is -0.467. The third-order valence-corrected chi connectivity index (χ3v) is 3.83. The number of hydrogen-bond donors (Lipinski definition) is 1. The monoisotopic (exact) mass is 296 g/mol. The molecule has 20 heavy (non-hydrogen) atoms. The second kappa shape index (κ2) is 6.74. The Morgan fingerprint density at radius 1 is 1.40 bits per heavy atom. The molecule has 1 rings (SSSR count). The van der Waals surface area contributed by atoms with Gasteiger partial charge in [-0.2, -0.15) is 11.8 Å². The van der Waals surface area contributed by atoms with E-state index >= 15 is 0 Å². The first-order chi connectivity index (χ1) is 9.20. The summed E-state index contributed by atoms with van der Waals surface area (Å²) in [5.74, 6) is 0.678. The van der Waals surface area contributed by atoms with E-state index in [-0.39, 0.29) is 16.2 Å². The number of benzene rings is 1. The molecule has 0 bridgehead atoms. The standard InChI is InChI=1S/C14H20N2O3S/c1-10(17)11-5-6-12(13(9-11)16(18)19)15-7-8-20-14(2,3)4/h5-6,9,15H,7-8H2,1-4H3. The molecule has 0 aliphatic heterocycles. The molecule has 1 aromatic carbocycles. The number of nitro groups is 1. The van der Waals surface area contributed by atoms with E-state index in [1.807, 2.05) is 0 Å². The minimum Gasteiger partial charge on any atom is -0.379 e. The largest absolute Gasteiger partial charge is 0.379 e. The summed E-state index contributed by atoms with van der Waals surface area (Å²) in [7, 11) is 0. The number of carbonyl (C=O) groups excluding carboxylic acids is 1. The maximum atomic E-state index is 11.3. The summed E-state index contributed by atoms with van der Waals surface area (Å²) in [6.07, 6.45) is 0. The molecule has 0 aromatic heterocycles. The molecule has 1 aromatic rings. The van der Waals surface area contributed by atoms with Crippen LogP contribution >= 0.6 is 11.8 Å². The van der Waals surface area contributed by atoms with Gasteiger partial charge in [-0.3, -0.25) is 14.9 Å². The maximum absolute atomic E-state index is 11.3. The van der Waals surface area contributed by atoms with Crippen molar-refractivity contribution in [2.45, 2.75) is 32.4 Å². The first kappa shape index (κ1) is 16.5. The Balaban J connectivity index is 2.75. The zero-order chi connectivity index (χ0) is 15.3. The van der Waals surface area contributed by atoms with E-state index in [4.69, 9.17) is 0 Å². The van der Waals surface area contributed by atoms with E-state index in [1.54, 1.807) is 23.9 Å². The molecule has 1 N–H and O–H groups in total. The fourth-order valence-corrected chi connectivity index (χ4v) is 2.41. The third kappa shape index (κ3) is 5.21. The number of Topliss-reactive ketones (excluding diaryl/α,β-unsaturated/α-hetero) is 1. The lowest BCUT2D eigenvalue weighted by molar-refractivity contribution is -0.384. The summed E-state index contributed by atoms with van der Waals surface area (Å²) in [5.41, 5.74) is 0.749. The van der Waals surface area contributed by atoms with Gasteiger partial charge in [-0.15, -0.1) is 0 Å². The van der Waals surface area contributed by atoms with Crippen molar-refractivity contribution in [3.05, 3.63) is 33.9 Å². The molecule has 5 nitrogen and oxygen atoms in total. The van der Waals surface area contributed by atoms with Gasteiger partial charge in [0.2, 0.25) is 0 Å². The fraction of sp³-hybridized carbons (Fsp3) is 0.500.